The van der Waals surface area contributed by atoms with Crippen molar-refractivity contribution < 1.29 is 9.94 Å². The van der Waals surface area contributed by atoms with Gasteiger partial charge in [0.05, 0.1) is 5.75 Å². The molecule has 1 aliphatic rings. The van der Waals surface area contributed by atoms with E-state index in [4.69, 9.17) is 15.7 Å². The molecular weight excluding hydrogens is 176 g/mol. The Morgan fingerprint density at radius 2 is 2.25 bits per heavy atom. The molecule has 0 aromatic rings. The van der Waals surface area contributed by atoms with Crippen molar-refractivity contribution in [2.45, 2.75) is 18.1 Å². The lowest BCUT2D eigenvalue weighted by Crippen LogP contribution is -2.21. The van der Waals surface area contributed by atoms with Gasteiger partial charge >= 0.3 is 0 Å². The summed E-state index contributed by atoms with van der Waals surface area (Å²) in [7, 11) is 0. The number of hydrogen-bond donors (Lipinski definition) is 2. The predicted octanol–water partition coefficient (Wildman–Crippen LogP) is 0.645. The lowest BCUT2D eigenvalue weighted by atomic mass is 10.2. The quantitative estimate of drug-likeness (QED) is 0.297. The highest BCUT2D eigenvalue weighted by atomic mass is 32.2. The monoisotopic (exact) mass is 190 g/mol. The summed E-state index contributed by atoms with van der Waals surface area (Å²) in [5.41, 5.74) is 5.34. The molecule has 0 amide bonds. The van der Waals surface area contributed by atoms with Gasteiger partial charge < -0.3 is 15.7 Å². The second kappa shape index (κ2) is 5.27. The fourth-order valence-electron chi connectivity index (χ4n) is 1.07. The van der Waals surface area contributed by atoms with E-state index >= 15 is 0 Å². The molecule has 0 aromatic heterocycles. The minimum Gasteiger partial charge on any atom is -0.409 e. The Bertz CT molecular complexity index is 157. The molecule has 1 heterocycles. The summed E-state index contributed by atoms with van der Waals surface area (Å²) < 4.78 is 5.21. The minimum atomic E-state index is 0.298. The van der Waals surface area contributed by atoms with Gasteiger partial charge in [-0.2, -0.15) is 11.8 Å². The van der Waals surface area contributed by atoms with Gasteiger partial charge in [-0.15, -0.1) is 0 Å². The van der Waals surface area contributed by atoms with Crippen molar-refractivity contribution in [1.82, 2.24) is 0 Å². The maximum absolute atomic E-state index is 8.29. The molecule has 0 bridgehead atoms. The molecule has 0 spiro atoms. The van der Waals surface area contributed by atoms with Crippen LogP contribution in [0, 0.1) is 0 Å². The van der Waals surface area contributed by atoms with Gasteiger partial charge in [-0.25, -0.2) is 0 Å². The van der Waals surface area contributed by atoms with E-state index in [0.717, 1.165) is 26.1 Å². The first-order chi connectivity index (χ1) is 5.83. The molecule has 5 heteroatoms. The smallest absolute Gasteiger partial charge is 0.149 e. The lowest BCUT2D eigenvalue weighted by molar-refractivity contribution is 0.100. The van der Waals surface area contributed by atoms with Crippen LogP contribution in [0.5, 0.6) is 0 Å². The van der Waals surface area contributed by atoms with E-state index in [1.807, 2.05) is 0 Å². The number of nitrogens with zero attached hydrogens (tertiary/aromatic N) is 1. The van der Waals surface area contributed by atoms with E-state index in [1.165, 1.54) is 0 Å². The first-order valence-electron chi connectivity index (χ1n) is 3.98. The van der Waals surface area contributed by atoms with Crippen molar-refractivity contribution in [2.24, 2.45) is 10.9 Å². The Morgan fingerprint density at radius 3 is 2.83 bits per heavy atom. The van der Waals surface area contributed by atoms with Crippen LogP contribution >= 0.6 is 11.8 Å². The largest absolute Gasteiger partial charge is 0.409 e. The molecule has 1 fully saturated rings. The molecule has 0 saturated carbocycles. The Labute approximate surface area is 76.1 Å². The third-order valence-electron chi connectivity index (χ3n) is 1.76. The van der Waals surface area contributed by atoms with Gasteiger partial charge in [-0.3, -0.25) is 0 Å². The highest BCUT2D eigenvalue weighted by Crippen LogP contribution is 2.21. The zero-order chi connectivity index (χ0) is 8.81. The standard InChI is InChI=1S/C7H14N2O2S/c8-7(9-10)5-12-6-1-3-11-4-2-6/h6,10H,1-5H2,(H2,8,9). The van der Waals surface area contributed by atoms with Crippen LogP contribution in [0.4, 0.5) is 0 Å². The number of hydrogen-bond acceptors (Lipinski definition) is 4. The number of thioether (sulfide) groups is 1. The Hall–Kier alpha value is -0.420. The molecule has 0 radical (unpaired) electrons. The van der Waals surface area contributed by atoms with E-state index in [-0.39, 0.29) is 0 Å². The van der Waals surface area contributed by atoms with Gasteiger partial charge in [0.1, 0.15) is 5.84 Å². The molecule has 1 rings (SSSR count). The van der Waals surface area contributed by atoms with Crippen LogP contribution in [0.3, 0.4) is 0 Å². The zero-order valence-corrected chi connectivity index (χ0v) is 7.72. The van der Waals surface area contributed by atoms with Crippen LogP contribution in [0.2, 0.25) is 0 Å². The molecular formula is C7H14N2O2S. The van der Waals surface area contributed by atoms with Gasteiger partial charge in [0.15, 0.2) is 0 Å². The van der Waals surface area contributed by atoms with Gasteiger partial charge in [0.25, 0.3) is 0 Å². The molecule has 4 nitrogen and oxygen atoms in total. The number of nitrogens with two attached hydrogens (primary N) is 1. The van der Waals surface area contributed by atoms with Crippen LogP contribution in [0.25, 0.3) is 0 Å². The number of oxime groups is 1. The summed E-state index contributed by atoms with van der Waals surface area (Å²) in [6, 6.07) is 0. The van der Waals surface area contributed by atoms with E-state index in [1.54, 1.807) is 11.8 Å². The van der Waals surface area contributed by atoms with Crippen LogP contribution in [-0.4, -0.2) is 35.3 Å². The summed E-state index contributed by atoms with van der Waals surface area (Å²) in [4.78, 5) is 0. The van der Waals surface area contributed by atoms with E-state index in [9.17, 15) is 0 Å². The maximum atomic E-state index is 8.29. The number of amidine groups is 1. The average Bonchev–Trinajstić information content (AvgIpc) is 2.16. The van der Waals surface area contributed by atoms with Gasteiger partial charge in [0, 0.05) is 18.5 Å². The van der Waals surface area contributed by atoms with Crippen LogP contribution in [-0.2, 0) is 4.74 Å². The van der Waals surface area contributed by atoms with Crippen molar-refractivity contribution in [1.29, 1.82) is 0 Å². The van der Waals surface area contributed by atoms with Crippen molar-refractivity contribution in [2.75, 3.05) is 19.0 Å². The highest BCUT2D eigenvalue weighted by molar-refractivity contribution is 8.00. The maximum Gasteiger partial charge on any atom is 0.149 e. The third-order valence-corrected chi connectivity index (χ3v) is 3.17. The van der Waals surface area contributed by atoms with Crippen molar-refractivity contribution in [3.63, 3.8) is 0 Å². The molecule has 0 aliphatic carbocycles. The minimum absolute atomic E-state index is 0.298. The Balaban J connectivity index is 2.13. The van der Waals surface area contributed by atoms with E-state index in [2.05, 4.69) is 5.16 Å². The van der Waals surface area contributed by atoms with Crippen molar-refractivity contribution in [3.8, 4) is 0 Å². The fraction of sp³-hybridized carbons (Fsp3) is 0.857. The zero-order valence-electron chi connectivity index (χ0n) is 6.90. The number of rotatable bonds is 3. The Morgan fingerprint density at radius 1 is 1.58 bits per heavy atom. The van der Waals surface area contributed by atoms with Crippen LogP contribution in [0.15, 0.2) is 5.16 Å². The third kappa shape index (κ3) is 3.32. The summed E-state index contributed by atoms with van der Waals surface area (Å²) >= 11 is 1.73. The first-order valence-corrected chi connectivity index (χ1v) is 5.03. The summed E-state index contributed by atoms with van der Waals surface area (Å²) in [6.07, 6.45) is 2.15. The second-order valence-corrected chi connectivity index (χ2v) is 4.00. The van der Waals surface area contributed by atoms with Crippen molar-refractivity contribution in [3.05, 3.63) is 0 Å². The normalized spacial score (nSPS) is 21.2. The lowest BCUT2D eigenvalue weighted by Gasteiger charge is -2.20. The molecule has 70 valence electrons. The van der Waals surface area contributed by atoms with Crippen LogP contribution < -0.4 is 5.73 Å². The molecule has 12 heavy (non-hydrogen) atoms. The summed E-state index contributed by atoms with van der Waals surface area (Å²) in [5, 5.41) is 11.8. The van der Waals surface area contributed by atoms with Gasteiger partial charge in [-0.05, 0) is 12.8 Å². The van der Waals surface area contributed by atoms with Crippen LogP contribution in [0.1, 0.15) is 12.8 Å². The SMILES string of the molecule is NC(CSC1CCOCC1)=NO. The molecule has 0 aromatic carbocycles. The number of ether oxygens (including phenoxy) is 1. The van der Waals surface area contributed by atoms with Crippen molar-refractivity contribution >= 4 is 17.6 Å². The molecule has 0 atom stereocenters. The highest BCUT2D eigenvalue weighted by Gasteiger charge is 2.14. The van der Waals surface area contributed by atoms with E-state index in [0.29, 0.717) is 16.8 Å². The molecule has 3 N–H and O–H groups in total. The van der Waals surface area contributed by atoms with Gasteiger partial charge in [0.2, 0.25) is 0 Å². The second-order valence-electron chi connectivity index (χ2n) is 2.71. The average molecular weight is 190 g/mol. The van der Waals surface area contributed by atoms with Gasteiger partial charge in [-0.1, -0.05) is 5.16 Å². The summed E-state index contributed by atoms with van der Waals surface area (Å²) in [5.74, 6) is 0.910. The fourth-order valence-corrected chi connectivity index (χ4v) is 2.06. The predicted molar refractivity (Wildman–Crippen MR) is 49.7 cm³/mol. The Kier molecular flexibility index (Phi) is 4.24. The first kappa shape index (κ1) is 9.67. The molecule has 1 aliphatic heterocycles. The topological polar surface area (TPSA) is 67.8 Å². The van der Waals surface area contributed by atoms with E-state index < -0.39 is 0 Å². The summed E-state index contributed by atoms with van der Waals surface area (Å²) in [6.45, 7) is 1.68. The molecule has 1 saturated heterocycles. The molecule has 0 unspecified atom stereocenters.